The zero-order valence-corrected chi connectivity index (χ0v) is 16.1. The van der Waals surface area contributed by atoms with Crippen molar-refractivity contribution in [1.29, 1.82) is 0 Å². The zero-order valence-electron chi connectivity index (χ0n) is 16.1. The summed E-state index contributed by atoms with van der Waals surface area (Å²) in [4.78, 5) is 35.4. The van der Waals surface area contributed by atoms with Gasteiger partial charge in [-0.3, -0.25) is 4.79 Å². The third-order valence-corrected chi connectivity index (χ3v) is 3.99. The number of nitrogens with one attached hydrogen (secondary N) is 1. The molecule has 0 spiro atoms. The molecule has 0 heterocycles. The van der Waals surface area contributed by atoms with Crippen molar-refractivity contribution in [2.75, 3.05) is 7.11 Å². The maximum Gasteiger partial charge on any atom is 0.337 e. The molecule has 0 aromatic heterocycles. The summed E-state index contributed by atoms with van der Waals surface area (Å²) in [6, 6.07) is 14.3. The Morgan fingerprint density at radius 1 is 1.04 bits per heavy atom. The maximum absolute atomic E-state index is 12.1. The molecule has 6 nitrogen and oxygen atoms in total. The summed E-state index contributed by atoms with van der Waals surface area (Å²) >= 11 is 0. The average Bonchev–Trinajstić information content (AvgIpc) is 2.71. The van der Waals surface area contributed by atoms with Crippen LogP contribution in [-0.2, 0) is 25.6 Å². The topological polar surface area (TPSA) is 81.7 Å². The van der Waals surface area contributed by atoms with Crippen molar-refractivity contribution in [2.24, 2.45) is 0 Å². The van der Waals surface area contributed by atoms with Crippen molar-refractivity contribution in [3.63, 3.8) is 0 Å². The van der Waals surface area contributed by atoms with Gasteiger partial charge in [-0.05, 0) is 43.2 Å². The molecule has 2 aromatic rings. The lowest BCUT2D eigenvalue weighted by Gasteiger charge is -2.12. The van der Waals surface area contributed by atoms with E-state index in [2.05, 4.69) is 10.1 Å². The molecule has 1 amide bonds. The van der Waals surface area contributed by atoms with Gasteiger partial charge in [0.15, 0.2) is 6.10 Å². The van der Waals surface area contributed by atoms with Crippen molar-refractivity contribution in [1.82, 2.24) is 5.32 Å². The van der Waals surface area contributed by atoms with Crippen LogP contribution in [0.4, 0.5) is 0 Å². The second kappa shape index (κ2) is 10.1. The van der Waals surface area contributed by atoms with Crippen molar-refractivity contribution in [3.05, 3.63) is 76.9 Å². The first-order chi connectivity index (χ1) is 13.4. The normalized spacial score (nSPS) is 11.7. The first-order valence-corrected chi connectivity index (χ1v) is 8.79. The van der Waals surface area contributed by atoms with Gasteiger partial charge in [0.25, 0.3) is 5.91 Å². The van der Waals surface area contributed by atoms with Gasteiger partial charge in [0.05, 0.1) is 12.7 Å². The van der Waals surface area contributed by atoms with E-state index in [1.165, 1.54) is 20.1 Å². The largest absolute Gasteiger partial charge is 0.465 e. The van der Waals surface area contributed by atoms with Gasteiger partial charge < -0.3 is 14.8 Å². The standard InChI is InChI=1S/C22H23NO5/c1-15-4-6-18(7-5-15)14-23-21(25)16(2)28-20(24)13-10-17-8-11-19(12-9-17)22(26)27-3/h4-13,16H,14H2,1-3H3,(H,23,25)/b13-10+/t16-/m1/s1. The lowest BCUT2D eigenvalue weighted by atomic mass is 10.1. The maximum atomic E-state index is 12.1. The Hall–Kier alpha value is -3.41. The molecule has 2 rings (SSSR count). The third-order valence-electron chi connectivity index (χ3n) is 3.99. The highest BCUT2D eigenvalue weighted by molar-refractivity contribution is 5.91. The summed E-state index contributed by atoms with van der Waals surface area (Å²) in [5.41, 5.74) is 3.24. The lowest BCUT2D eigenvalue weighted by molar-refractivity contribution is -0.150. The predicted molar refractivity (Wildman–Crippen MR) is 105 cm³/mol. The number of benzene rings is 2. The fourth-order valence-electron chi connectivity index (χ4n) is 2.32. The van der Waals surface area contributed by atoms with E-state index < -0.39 is 18.0 Å². The van der Waals surface area contributed by atoms with E-state index >= 15 is 0 Å². The van der Waals surface area contributed by atoms with Crippen LogP contribution in [0.3, 0.4) is 0 Å². The molecule has 0 aliphatic carbocycles. The molecule has 0 saturated carbocycles. The van der Waals surface area contributed by atoms with E-state index in [1.54, 1.807) is 30.3 Å². The quantitative estimate of drug-likeness (QED) is 0.589. The van der Waals surface area contributed by atoms with Crippen molar-refractivity contribution >= 4 is 23.9 Å². The highest BCUT2D eigenvalue weighted by Crippen LogP contribution is 2.08. The van der Waals surface area contributed by atoms with Crippen LogP contribution in [0.5, 0.6) is 0 Å². The number of aryl methyl sites for hydroxylation is 1. The van der Waals surface area contributed by atoms with Crippen LogP contribution < -0.4 is 5.32 Å². The fourth-order valence-corrected chi connectivity index (χ4v) is 2.32. The Bertz CT molecular complexity index is 854. The van der Waals surface area contributed by atoms with Gasteiger partial charge in [-0.1, -0.05) is 42.0 Å². The molecule has 0 bridgehead atoms. The molecule has 0 unspecified atom stereocenters. The van der Waals surface area contributed by atoms with Gasteiger partial charge in [0.2, 0.25) is 0 Å². The second-order valence-corrected chi connectivity index (χ2v) is 6.23. The van der Waals surface area contributed by atoms with E-state index in [9.17, 15) is 14.4 Å². The number of hydrogen-bond acceptors (Lipinski definition) is 5. The molecule has 0 aliphatic rings. The Morgan fingerprint density at radius 3 is 2.29 bits per heavy atom. The fraction of sp³-hybridized carbons (Fsp3) is 0.227. The van der Waals surface area contributed by atoms with Gasteiger partial charge in [0.1, 0.15) is 0 Å². The molecular formula is C22H23NO5. The highest BCUT2D eigenvalue weighted by Gasteiger charge is 2.16. The van der Waals surface area contributed by atoms with Crippen LogP contribution >= 0.6 is 0 Å². The molecule has 0 radical (unpaired) electrons. The molecule has 2 aromatic carbocycles. The van der Waals surface area contributed by atoms with Gasteiger partial charge in [-0.15, -0.1) is 0 Å². The smallest absolute Gasteiger partial charge is 0.337 e. The number of rotatable bonds is 7. The van der Waals surface area contributed by atoms with Crippen LogP contribution in [-0.4, -0.2) is 31.1 Å². The van der Waals surface area contributed by atoms with Crippen molar-refractivity contribution < 1.29 is 23.9 Å². The molecule has 28 heavy (non-hydrogen) atoms. The number of amides is 1. The van der Waals surface area contributed by atoms with Gasteiger partial charge in [-0.25, -0.2) is 9.59 Å². The number of hydrogen-bond donors (Lipinski definition) is 1. The second-order valence-electron chi connectivity index (χ2n) is 6.23. The van der Waals surface area contributed by atoms with Gasteiger partial charge in [-0.2, -0.15) is 0 Å². The first-order valence-electron chi connectivity index (χ1n) is 8.79. The SMILES string of the molecule is COC(=O)c1ccc(/C=C/C(=O)O[C@H](C)C(=O)NCc2ccc(C)cc2)cc1. The number of ether oxygens (including phenoxy) is 2. The average molecular weight is 381 g/mol. The van der Waals surface area contributed by atoms with Gasteiger partial charge >= 0.3 is 11.9 Å². The van der Waals surface area contributed by atoms with E-state index in [1.807, 2.05) is 31.2 Å². The van der Waals surface area contributed by atoms with Crippen molar-refractivity contribution in [3.8, 4) is 0 Å². The van der Waals surface area contributed by atoms with Crippen LogP contribution in [0.15, 0.2) is 54.6 Å². The van der Waals surface area contributed by atoms with Crippen molar-refractivity contribution in [2.45, 2.75) is 26.5 Å². The molecule has 1 N–H and O–H groups in total. The summed E-state index contributed by atoms with van der Waals surface area (Å²) in [6.07, 6.45) is 1.86. The Kier molecular flexibility index (Phi) is 7.51. The number of esters is 2. The minimum Gasteiger partial charge on any atom is -0.465 e. The minimum atomic E-state index is -0.913. The number of carbonyl (C=O) groups is 3. The summed E-state index contributed by atoms with van der Waals surface area (Å²) in [6.45, 7) is 3.87. The Morgan fingerprint density at radius 2 is 1.68 bits per heavy atom. The van der Waals surface area contributed by atoms with Crippen LogP contribution in [0.1, 0.15) is 34.0 Å². The Balaban J connectivity index is 1.82. The number of carbonyl (C=O) groups excluding carboxylic acids is 3. The van der Waals surface area contributed by atoms with Crippen LogP contribution in [0.25, 0.3) is 6.08 Å². The summed E-state index contributed by atoms with van der Waals surface area (Å²) in [5.74, 6) is -1.43. The molecule has 6 heteroatoms. The monoisotopic (exact) mass is 381 g/mol. The molecule has 146 valence electrons. The predicted octanol–water partition coefficient (Wildman–Crippen LogP) is 3.04. The molecule has 1 atom stereocenters. The van der Waals surface area contributed by atoms with Gasteiger partial charge in [0, 0.05) is 12.6 Å². The first kappa shape index (κ1) is 20.9. The van der Waals surface area contributed by atoms with E-state index in [0.29, 0.717) is 17.7 Å². The van der Waals surface area contributed by atoms with E-state index in [-0.39, 0.29) is 5.91 Å². The molecule has 0 fully saturated rings. The summed E-state index contributed by atoms with van der Waals surface area (Å²) in [5, 5.41) is 2.74. The highest BCUT2D eigenvalue weighted by atomic mass is 16.5. The molecular weight excluding hydrogens is 358 g/mol. The summed E-state index contributed by atoms with van der Waals surface area (Å²) < 4.78 is 9.73. The Labute approximate surface area is 164 Å². The molecule has 0 aliphatic heterocycles. The number of methoxy groups -OCH3 is 1. The third kappa shape index (κ3) is 6.39. The summed E-state index contributed by atoms with van der Waals surface area (Å²) in [7, 11) is 1.31. The zero-order chi connectivity index (χ0) is 20.5. The van der Waals surface area contributed by atoms with Crippen LogP contribution in [0, 0.1) is 6.92 Å². The van der Waals surface area contributed by atoms with E-state index in [0.717, 1.165) is 11.1 Å². The van der Waals surface area contributed by atoms with E-state index in [4.69, 9.17) is 4.74 Å². The van der Waals surface area contributed by atoms with Crippen LogP contribution in [0.2, 0.25) is 0 Å². The lowest BCUT2D eigenvalue weighted by Crippen LogP contribution is -2.35. The minimum absolute atomic E-state index is 0.364. The molecule has 0 saturated heterocycles.